The molecule has 0 spiro atoms. The first-order chi connectivity index (χ1) is 12.2. The van der Waals surface area contributed by atoms with Crippen LogP contribution in [-0.2, 0) is 9.59 Å². The van der Waals surface area contributed by atoms with E-state index in [9.17, 15) is 9.59 Å². The van der Waals surface area contributed by atoms with Gasteiger partial charge < -0.3 is 5.32 Å². The van der Waals surface area contributed by atoms with Gasteiger partial charge in [0.15, 0.2) is 5.78 Å². The minimum Gasteiger partial charge on any atom is -0.357 e. The van der Waals surface area contributed by atoms with Gasteiger partial charge in [-0.1, -0.05) is 25.1 Å². The number of ketones is 1. The smallest absolute Gasteiger partial charge is 0.227 e. The number of amides is 1. The molecular formula is C20H20N2O2S. The van der Waals surface area contributed by atoms with Crippen LogP contribution in [-0.4, -0.2) is 11.7 Å². The maximum Gasteiger partial charge on any atom is 0.227 e. The van der Waals surface area contributed by atoms with Crippen LogP contribution >= 0.6 is 11.3 Å². The molecule has 1 aromatic heterocycles. The molecule has 1 N–H and O–H groups in total. The molecule has 2 aromatic rings. The van der Waals surface area contributed by atoms with Crippen molar-refractivity contribution in [2.45, 2.75) is 38.6 Å². The number of rotatable bonds is 2. The molecule has 4 nitrogen and oxygen atoms in total. The van der Waals surface area contributed by atoms with Crippen molar-refractivity contribution in [2.75, 3.05) is 10.2 Å². The summed E-state index contributed by atoms with van der Waals surface area (Å²) in [7, 11) is 0. The quantitative estimate of drug-likeness (QED) is 0.855. The zero-order chi connectivity index (χ0) is 17.4. The molecule has 1 amide bonds. The van der Waals surface area contributed by atoms with E-state index in [1.54, 1.807) is 11.3 Å². The van der Waals surface area contributed by atoms with E-state index in [1.807, 2.05) is 53.6 Å². The van der Waals surface area contributed by atoms with Crippen LogP contribution < -0.4 is 10.2 Å². The molecule has 1 aromatic carbocycles. The van der Waals surface area contributed by atoms with Crippen LogP contribution in [0.2, 0.25) is 0 Å². The summed E-state index contributed by atoms with van der Waals surface area (Å²) in [5, 5.41) is 5.46. The van der Waals surface area contributed by atoms with E-state index in [2.05, 4.69) is 5.32 Å². The minimum atomic E-state index is -0.341. The molecule has 2 heterocycles. The summed E-state index contributed by atoms with van der Waals surface area (Å²) in [6.07, 6.45) is 2.64. The second-order valence-corrected chi connectivity index (χ2v) is 7.33. The van der Waals surface area contributed by atoms with E-state index in [-0.39, 0.29) is 17.7 Å². The molecule has 0 radical (unpaired) electrons. The molecule has 0 unspecified atom stereocenters. The summed E-state index contributed by atoms with van der Waals surface area (Å²) >= 11 is 1.59. The average Bonchev–Trinajstić information content (AvgIpc) is 3.10. The van der Waals surface area contributed by atoms with Crippen molar-refractivity contribution in [3.05, 3.63) is 57.9 Å². The van der Waals surface area contributed by atoms with Gasteiger partial charge in [0.25, 0.3) is 0 Å². The lowest BCUT2D eigenvalue weighted by molar-refractivity contribution is -0.118. The Kier molecular flexibility index (Phi) is 4.17. The lowest BCUT2D eigenvalue weighted by Crippen LogP contribution is -2.37. The van der Waals surface area contributed by atoms with Crippen molar-refractivity contribution < 1.29 is 9.59 Å². The van der Waals surface area contributed by atoms with Gasteiger partial charge in [-0.2, -0.15) is 0 Å². The zero-order valence-corrected chi connectivity index (χ0v) is 14.9. The Labute approximate surface area is 151 Å². The number of thiophene rings is 1. The number of benzene rings is 1. The Bertz CT molecular complexity index is 854. The number of carbonyl (C=O) groups excluding carboxylic acids is 2. The molecule has 1 aliphatic heterocycles. The van der Waals surface area contributed by atoms with Crippen LogP contribution in [0, 0.1) is 0 Å². The summed E-state index contributed by atoms with van der Waals surface area (Å²) in [4.78, 5) is 28.7. The Morgan fingerprint density at radius 2 is 2.08 bits per heavy atom. The maximum atomic E-state index is 12.9. The molecule has 5 heteroatoms. The number of allylic oxidation sites excluding steroid dienone is 1. The Balaban J connectivity index is 1.99. The first kappa shape index (κ1) is 16.1. The summed E-state index contributed by atoms with van der Waals surface area (Å²) in [5.74, 6) is 0.175. The third-order valence-corrected chi connectivity index (χ3v) is 5.75. The second kappa shape index (κ2) is 6.48. The van der Waals surface area contributed by atoms with Gasteiger partial charge in [0, 0.05) is 29.0 Å². The van der Waals surface area contributed by atoms with Crippen molar-refractivity contribution in [3.63, 3.8) is 0 Å². The van der Waals surface area contributed by atoms with Crippen LogP contribution in [0.15, 0.2) is 53.0 Å². The third-order valence-electron chi connectivity index (χ3n) is 4.82. The fraction of sp³-hybridized carbons (Fsp3) is 0.300. The topological polar surface area (TPSA) is 49.4 Å². The highest BCUT2D eigenvalue weighted by molar-refractivity contribution is 7.10. The number of para-hydroxylation sites is 2. The van der Waals surface area contributed by atoms with Gasteiger partial charge >= 0.3 is 0 Å². The standard InChI is InChI=1S/C20H20N2O2S/c1-2-18(24)22-15-9-4-3-7-13(15)21-14-8-5-10-16(23)19(14)20(22)17-11-6-12-25-17/h3-4,6-7,9,11-12,20-21H,2,5,8,10H2,1H3/t20-/m0/s1. The van der Waals surface area contributed by atoms with E-state index in [0.29, 0.717) is 12.8 Å². The summed E-state index contributed by atoms with van der Waals surface area (Å²) in [5.41, 5.74) is 3.46. The molecule has 25 heavy (non-hydrogen) atoms. The number of carbonyl (C=O) groups is 2. The highest BCUT2D eigenvalue weighted by atomic mass is 32.1. The normalized spacial score (nSPS) is 19.8. The highest BCUT2D eigenvalue weighted by Crippen LogP contribution is 2.45. The maximum absolute atomic E-state index is 12.9. The SMILES string of the molecule is CCC(=O)N1c2ccccc2NC2=C(C(=O)CCC2)[C@@H]1c1cccs1. The van der Waals surface area contributed by atoms with E-state index in [0.717, 1.165) is 40.4 Å². The molecule has 0 saturated carbocycles. The van der Waals surface area contributed by atoms with Gasteiger partial charge in [0.05, 0.1) is 11.4 Å². The monoisotopic (exact) mass is 352 g/mol. The van der Waals surface area contributed by atoms with Gasteiger partial charge in [-0.25, -0.2) is 0 Å². The predicted molar refractivity (Wildman–Crippen MR) is 101 cm³/mol. The van der Waals surface area contributed by atoms with Crippen molar-refractivity contribution in [1.82, 2.24) is 0 Å². The predicted octanol–water partition coefficient (Wildman–Crippen LogP) is 4.67. The number of hydrogen-bond donors (Lipinski definition) is 1. The fourth-order valence-corrected chi connectivity index (χ4v) is 4.52. The number of nitrogens with one attached hydrogen (secondary N) is 1. The first-order valence-electron chi connectivity index (χ1n) is 8.68. The number of hydrogen-bond acceptors (Lipinski definition) is 4. The van der Waals surface area contributed by atoms with E-state index in [1.165, 1.54) is 0 Å². The van der Waals surface area contributed by atoms with Gasteiger partial charge in [-0.15, -0.1) is 11.3 Å². The Hall–Kier alpha value is -2.40. The van der Waals surface area contributed by atoms with Crippen molar-refractivity contribution in [2.24, 2.45) is 0 Å². The first-order valence-corrected chi connectivity index (χ1v) is 9.56. The molecule has 0 fully saturated rings. The fourth-order valence-electron chi connectivity index (χ4n) is 3.70. The molecule has 128 valence electrons. The number of fused-ring (bicyclic) bond motifs is 1. The van der Waals surface area contributed by atoms with Crippen molar-refractivity contribution in [3.8, 4) is 0 Å². The van der Waals surface area contributed by atoms with Crippen molar-refractivity contribution >= 4 is 34.4 Å². The Morgan fingerprint density at radius 1 is 1.24 bits per heavy atom. The van der Waals surface area contributed by atoms with Gasteiger partial charge in [0.1, 0.15) is 6.04 Å². The van der Waals surface area contributed by atoms with E-state index in [4.69, 9.17) is 0 Å². The minimum absolute atomic E-state index is 0.0276. The number of nitrogens with zero attached hydrogens (tertiary/aromatic N) is 1. The zero-order valence-electron chi connectivity index (χ0n) is 14.1. The Morgan fingerprint density at radius 3 is 2.84 bits per heavy atom. The molecule has 1 aliphatic carbocycles. The van der Waals surface area contributed by atoms with Crippen LogP contribution in [0.3, 0.4) is 0 Å². The number of Topliss-reactive ketones (excluding diaryl/α,β-unsaturated/α-hetero) is 1. The summed E-state index contributed by atoms with van der Waals surface area (Å²) < 4.78 is 0. The molecule has 4 rings (SSSR count). The lowest BCUT2D eigenvalue weighted by atomic mass is 9.88. The number of anilines is 2. The largest absolute Gasteiger partial charge is 0.357 e. The van der Waals surface area contributed by atoms with Crippen LogP contribution in [0.25, 0.3) is 0 Å². The molecule has 2 aliphatic rings. The highest BCUT2D eigenvalue weighted by Gasteiger charge is 2.39. The van der Waals surface area contributed by atoms with Crippen LogP contribution in [0.5, 0.6) is 0 Å². The molecule has 0 bridgehead atoms. The summed E-state index contributed by atoms with van der Waals surface area (Å²) in [6, 6.07) is 11.5. The lowest BCUT2D eigenvalue weighted by Gasteiger charge is -2.32. The van der Waals surface area contributed by atoms with Crippen LogP contribution in [0.1, 0.15) is 43.5 Å². The van der Waals surface area contributed by atoms with Gasteiger partial charge in [-0.3, -0.25) is 14.5 Å². The third kappa shape index (κ3) is 2.68. The summed E-state index contributed by atoms with van der Waals surface area (Å²) in [6.45, 7) is 1.87. The van der Waals surface area contributed by atoms with Gasteiger partial charge in [0.2, 0.25) is 5.91 Å². The molecular weight excluding hydrogens is 332 g/mol. The van der Waals surface area contributed by atoms with Gasteiger partial charge in [-0.05, 0) is 36.4 Å². The van der Waals surface area contributed by atoms with E-state index < -0.39 is 0 Å². The van der Waals surface area contributed by atoms with Crippen LogP contribution in [0.4, 0.5) is 11.4 Å². The second-order valence-electron chi connectivity index (χ2n) is 6.35. The average molecular weight is 352 g/mol. The van der Waals surface area contributed by atoms with E-state index >= 15 is 0 Å². The molecule has 0 saturated heterocycles. The molecule has 1 atom stereocenters. The van der Waals surface area contributed by atoms with Crippen molar-refractivity contribution in [1.29, 1.82) is 0 Å².